The van der Waals surface area contributed by atoms with E-state index in [0.717, 1.165) is 32.2 Å². The van der Waals surface area contributed by atoms with Gasteiger partial charge >= 0.3 is 0 Å². The van der Waals surface area contributed by atoms with Crippen LogP contribution in [0, 0.1) is 6.92 Å². The van der Waals surface area contributed by atoms with Crippen LogP contribution in [0.3, 0.4) is 0 Å². The van der Waals surface area contributed by atoms with E-state index in [0.29, 0.717) is 6.61 Å². The van der Waals surface area contributed by atoms with Crippen LogP contribution in [-0.4, -0.2) is 36.2 Å². The monoisotopic (exact) mass is 278 g/mol. The fourth-order valence-electron chi connectivity index (χ4n) is 2.60. The molecule has 0 spiro atoms. The molecule has 0 radical (unpaired) electrons. The topological polar surface area (TPSA) is 49.5 Å². The molecule has 114 valence electrons. The van der Waals surface area contributed by atoms with Gasteiger partial charge in [0.1, 0.15) is 0 Å². The second-order valence-electron chi connectivity index (χ2n) is 5.69. The minimum atomic E-state index is 0.153. The predicted octanol–water partition coefficient (Wildman–Crippen LogP) is 2.87. The van der Waals surface area contributed by atoms with E-state index in [1.165, 1.54) is 11.1 Å². The van der Waals surface area contributed by atoms with Gasteiger partial charge in [-0.15, -0.1) is 0 Å². The van der Waals surface area contributed by atoms with Gasteiger partial charge in [-0.05, 0) is 51.8 Å². The van der Waals surface area contributed by atoms with Gasteiger partial charge in [0.15, 0.2) is 0 Å². The average Bonchev–Trinajstić information content (AvgIpc) is 2.45. The van der Waals surface area contributed by atoms with Crippen molar-refractivity contribution in [2.75, 3.05) is 20.2 Å². The van der Waals surface area contributed by atoms with Crippen LogP contribution >= 0.6 is 0 Å². The first-order valence-corrected chi connectivity index (χ1v) is 7.73. The summed E-state index contributed by atoms with van der Waals surface area (Å²) in [5, 5.41) is 8.84. The number of aryl methyl sites for hydroxylation is 1. The first-order valence-electron chi connectivity index (χ1n) is 7.73. The van der Waals surface area contributed by atoms with Gasteiger partial charge in [-0.25, -0.2) is 0 Å². The van der Waals surface area contributed by atoms with Crippen molar-refractivity contribution in [1.82, 2.24) is 4.90 Å². The molecule has 0 aliphatic rings. The van der Waals surface area contributed by atoms with E-state index in [1.54, 1.807) is 0 Å². The predicted molar refractivity (Wildman–Crippen MR) is 85.8 cm³/mol. The van der Waals surface area contributed by atoms with Crippen LogP contribution in [0.4, 0.5) is 0 Å². The van der Waals surface area contributed by atoms with Gasteiger partial charge in [0.2, 0.25) is 0 Å². The SMILES string of the molecule is CCC(N)C(c1ccc(C)cc1)N(C)CCCCCO. The molecule has 0 heterocycles. The maximum absolute atomic E-state index is 8.84. The second kappa shape index (κ2) is 9.11. The maximum atomic E-state index is 8.84. The van der Waals surface area contributed by atoms with Crippen LogP contribution in [0.2, 0.25) is 0 Å². The lowest BCUT2D eigenvalue weighted by atomic mass is 9.95. The molecule has 1 aromatic carbocycles. The van der Waals surface area contributed by atoms with Gasteiger partial charge < -0.3 is 10.8 Å². The normalized spacial score (nSPS) is 14.5. The molecule has 0 saturated heterocycles. The van der Waals surface area contributed by atoms with Crippen LogP contribution < -0.4 is 5.73 Å². The lowest BCUT2D eigenvalue weighted by molar-refractivity contribution is 0.202. The van der Waals surface area contributed by atoms with Crippen LogP contribution in [0.1, 0.15) is 49.8 Å². The average molecular weight is 278 g/mol. The molecule has 20 heavy (non-hydrogen) atoms. The molecular formula is C17H30N2O. The summed E-state index contributed by atoms with van der Waals surface area (Å²) < 4.78 is 0. The third-order valence-corrected chi connectivity index (χ3v) is 3.94. The number of hydrogen-bond donors (Lipinski definition) is 2. The summed E-state index contributed by atoms with van der Waals surface area (Å²) in [4.78, 5) is 2.36. The molecule has 1 aromatic rings. The van der Waals surface area contributed by atoms with Gasteiger partial charge in [0.05, 0.1) is 0 Å². The molecule has 3 N–H and O–H groups in total. The van der Waals surface area contributed by atoms with Crippen molar-refractivity contribution < 1.29 is 5.11 Å². The fourth-order valence-corrected chi connectivity index (χ4v) is 2.60. The molecule has 0 saturated carbocycles. The highest BCUT2D eigenvalue weighted by molar-refractivity contribution is 5.25. The van der Waals surface area contributed by atoms with E-state index in [9.17, 15) is 0 Å². The third kappa shape index (κ3) is 5.23. The largest absolute Gasteiger partial charge is 0.396 e. The summed E-state index contributed by atoms with van der Waals surface area (Å²) in [5.74, 6) is 0. The van der Waals surface area contributed by atoms with Crippen molar-refractivity contribution >= 4 is 0 Å². The Morgan fingerprint density at radius 3 is 2.35 bits per heavy atom. The fraction of sp³-hybridized carbons (Fsp3) is 0.647. The lowest BCUT2D eigenvalue weighted by Crippen LogP contribution is -2.39. The van der Waals surface area contributed by atoms with Gasteiger partial charge in [-0.3, -0.25) is 4.90 Å². The zero-order chi connectivity index (χ0) is 15.0. The minimum Gasteiger partial charge on any atom is -0.396 e. The molecule has 0 aliphatic carbocycles. The number of nitrogens with two attached hydrogens (primary N) is 1. The first-order chi connectivity index (χ1) is 9.60. The Kier molecular flexibility index (Phi) is 7.82. The van der Waals surface area contributed by atoms with E-state index >= 15 is 0 Å². The highest BCUT2D eigenvalue weighted by Crippen LogP contribution is 2.24. The Morgan fingerprint density at radius 2 is 1.80 bits per heavy atom. The molecular weight excluding hydrogens is 248 g/mol. The van der Waals surface area contributed by atoms with Crippen LogP contribution in [-0.2, 0) is 0 Å². The lowest BCUT2D eigenvalue weighted by Gasteiger charge is -2.33. The number of aliphatic hydroxyl groups is 1. The zero-order valence-corrected chi connectivity index (χ0v) is 13.2. The van der Waals surface area contributed by atoms with E-state index in [4.69, 9.17) is 10.8 Å². The van der Waals surface area contributed by atoms with Crippen molar-refractivity contribution in [3.05, 3.63) is 35.4 Å². The highest BCUT2D eigenvalue weighted by Gasteiger charge is 2.22. The smallest absolute Gasteiger partial charge is 0.0496 e. The number of unbranched alkanes of at least 4 members (excludes halogenated alkanes) is 2. The van der Waals surface area contributed by atoms with Crippen molar-refractivity contribution in [2.24, 2.45) is 5.73 Å². The summed E-state index contributed by atoms with van der Waals surface area (Å²) in [6.45, 7) is 5.56. The first kappa shape index (κ1) is 17.2. The van der Waals surface area contributed by atoms with Gasteiger partial charge in [0, 0.05) is 18.7 Å². The minimum absolute atomic E-state index is 0.153. The van der Waals surface area contributed by atoms with Crippen LogP contribution in [0.5, 0.6) is 0 Å². The van der Waals surface area contributed by atoms with Crippen LogP contribution in [0.25, 0.3) is 0 Å². The number of aliphatic hydroxyl groups excluding tert-OH is 1. The Morgan fingerprint density at radius 1 is 1.15 bits per heavy atom. The number of hydrogen-bond acceptors (Lipinski definition) is 3. The van der Waals surface area contributed by atoms with E-state index < -0.39 is 0 Å². The van der Waals surface area contributed by atoms with E-state index in [-0.39, 0.29) is 12.1 Å². The van der Waals surface area contributed by atoms with E-state index in [2.05, 4.69) is 50.1 Å². The summed E-state index contributed by atoms with van der Waals surface area (Å²) in [5.41, 5.74) is 8.92. The number of rotatable bonds is 9. The summed E-state index contributed by atoms with van der Waals surface area (Å²) in [6, 6.07) is 9.13. The van der Waals surface area contributed by atoms with Crippen LogP contribution in [0.15, 0.2) is 24.3 Å². The molecule has 0 amide bonds. The quantitative estimate of drug-likeness (QED) is 0.683. The van der Waals surface area contributed by atoms with Crippen molar-refractivity contribution in [1.29, 1.82) is 0 Å². The number of likely N-dealkylation sites (N-methyl/N-ethyl adjacent to an activating group) is 1. The number of benzene rings is 1. The Bertz CT molecular complexity index is 364. The Hall–Kier alpha value is -0.900. The van der Waals surface area contributed by atoms with Gasteiger partial charge in [0.25, 0.3) is 0 Å². The highest BCUT2D eigenvalue weighted by atomic mass is 16.2. The second-order valence-corrected chi connectivity index (χ2v) is 5.69. The molecule has 2 unspecified atom stereocenters. The molecule has 0 aromatic heterocycles. The molecule has 0 fully saturated rings. The van der Waals surface area contributed by atoms with Crippen molar-refractivity contribution in [3.63, 3.8) is 0 Å². The maximum Gasteiger partial charge on any atom is 0.0496 e. The Labute approximate surface area is 123 Å². The summed E-state index contributed by atoms with van der Waals surface area (Å²) in [7, 11) is 2.15. The zero-order valence-electron chi connectivity index (χ0n) is 13.2. The Balaban J connectivity index is 2.70. The van der Waals surface area contributed by atoms with E-state index in [1.807, 2.05) is 0 Å². The number of nitrogens with zero attached hydrogens (tertiary/aromatic N) is 1. The van der Waals surface area contributed by atoms with Gasteiger partial charge in [-0.1, -0.05) is 36.8 Å². The van der Waals surface area contributed by atoms with Crippen molar-refractivity contribution in [2.45, 2.75) is 51.6 Å². The summed E-state index contributed by atoms with van der Waals surface area (Å²) >= 11 is 0. The molecule has 0 bridgehead atoms. The molecule has 3 nitrogen and oxygen atoms in total. The third-order valence-electron chi connectivity index (χ3n) is 3.94. The molecule has 1 rings (SSSR count). The van der Waals surface area contributed by atoms with Crippen molar-refractivity contribution in [3.8, 4) is 0 Å². The van der Waals surface area contributed by atoms with Gasteiger partial charge in [-0.2, -0.15) is 0 Å². The standard InChI is InChI=1S/C17H30N2O/c1-4-16(18)17(15-10-8-14(2)9-11-15)19(3)12-6-5-7-13-20/h8-11,16-17,20H,4-7,12-13,18H2,1-3H3. The summed E-state index contributed by atoms with van der Waals surface area (Å²) in [6.07, 6.45) is 4.04. The molecule has 0 aliphatic heterocycles. The molecule has 2 atom stereocenters. The molecule has 3 heteroatoms.